The molecule has 3 rings (SSSR count). The van der Waals surface area contributed by atoms with E-state index in [1.807, 2.05) is 20.8 Å². The summed E-state index contributed by atoms with van der Waals surface area (Å²) >= 11 is 0.965. The van der Waals surface area contributed by atoms with Crippen LogP contribution in [-0.2, 0) is 6.18 Å². The van der Waals surface area contributed by atoms with Gasteiger partial charge in [-0.3, -0.25) is 9.36 Å². The van der Waals surface area contributed by atoms with E-state index in [0.717, 1.165) is 23.9 Å². The minimum atomic E-state index is -4.43. The van der Waals surface area contributed by atoms with Crippen LogP contribution in [0.4, 0.5) is 13.2 Å². The molecule has 5 nitrogen and oxygen atoms in total. The van der Waals surface area contributed by atoms with Crippen molar-refractivity contribution in [3.8, 4) is 17.5 Å². The predicted octanol–water partition coefficient (Wildman–Crippen LogP) is 5.70. The quantitative estimate of drug-likeness (QED) is 0.490. The summed E-state index contributed by atoms with van der Waals surface area (Å²) in [7, 11) is 0. The van der Waals surface area contributed by atoms with E-state index in [1.54, 1.807) is 18.2 Å². The Labute approximate surface area is 187 Å². The molecule has 3 aromatic rings. The molecular weight excluding hydrogens is 439 g/mol. The summed E-state index contributed by atoms with van der Waals surface area (Å²) in [6.45, 7) is 6.46. The van der Waals surface area contributed by atoms with Crippen LogP contribution in [0.15, 0.2) is 69.6 Å². The highest BCUT2D eigenvalue weighted by atomic mass is 32.2. The first-order valence-corrected chi connectivity index (χ1v) is 10.4. The van der Waals surface area contributed by atoms with Crippen molar-refractivity contribution in [2.45, 2.75) is 36.9 Å². The van der Waals surface area contributed by atoms with E-state index in [1.165, 1.54) is 29.1 Å². The monoisotopic (exact) mass is 459 g/mol. The first kappa shape index (κ1) is 23.4. The number of halogens is 3. The number of benzene rings is 2. The second kappa shape index (κ2) is 9.09. The van der Waals surface area contributed by atoms with Crippen molar-refractivity contribution < 1.29 is 17.9 Å². The summed E-state index contributed by atoms with van der Waals surface area (Å²) in [6.07, 6.45) is -1.54. The van der Waals surface area contributed by atoms with Crippen molar-refractivity contribution >= 4 is 11.8 Å². The second-order valence-corrected chi connectivity index (χ2v) is 9.24. The summed E-state index contributed by atoms with van der Waals surface area (Å²) in [5, 5.41) is 9.60. The lowest BCUT2D eigenvalue weighted by Crippen LogP contribution is -2.20. The van der Waals surface area contributed by atoms with Gasteiger partial charge in [0.25, 0.3) is 5.56 Å². The average Bonchev–Trinajstić information content (AvgIpc) is 2.73. The molecular formula is C23H20F3N3O2S. The lowest BCUT2D eigenvalue weighted by molar-refractivity contribution is -0.137. The molecule has 0 atom stereocenters. The summed E-state index contributed by atoms with van der Waals surface area (Å²) in [5.74, 6) is 0.424. The maximum absolute atomic E-state index is 12.9. The molecule has 0 aliphatic carbocycles. The number of nitrogens with zero attached hydrogens (tertiary/aromatic N) is 3. The highest BCUT2D eigenvalue weighted by Crippen LogP contribution is 2.32. The number of aromatic nitrogens is 2. The smallest absolute Gasteiger partial charge is 0.416 e. The molecule has 0 N–H and O–H groups in total. The second-order valence-electron chi connectivity index (χ2n) is 8.17. The van der Waals surface area contributed by atoms with Gasteiger partial charge >= 0.3 is 6.18 Å². The zero-order chi connectivity index (χ0) is 23.5. The van der Waals surface area contributed by atoms with Crippen LogP contribution in [0.5, 0.6) is 5.75 Å². The average molecular weight is 459 g/mol. The maximum atomic E-state index is 12.9. The standard InChI is InChI=1S/C23H20F3N3O2S/c1-22(2,3)14-31-19-9-6-17(12-15(19)13-27)29-11-10-28-20(21(29)30)32-18-7-4-16(5-8-18)23(24,25)26/h4-12H,14H2,1-3H3. The molecule has 0 bridgehead atoms. The van der Waals surface area contributed by atoms with Crippen molar-refractivity contribution in [1.82, 2.24) is 9.55 Å². The largest absolute Gasteiger partial charge is 0.492 e. The Hall–Kier alpha value is -3.25. The van der Waals surface area contributed by atoms with Gasteiger partial charge in [0, 0.05) is 17.3 Å². The fourth-order valence-electron chi connectivity index (χ4n) is 2.67. The van der Waals surface area contributed by atoms with Gasteiger partial charge in [-0.2, -0.15) is 18.4 Å². The van der Waals surface area contributed by atoms with Crippen LogP contribution in [0.3, 0.4) is 0 Å². The fraction of sp³-hybridized carbons (Fsp3) is 0.261. The summed E-state index contributed by atoms with van der Waals surface area (Å²) in [5.41, 5.74) is -0.570. The molecule has 0 aliphatic heterocycles. The van der Waals surface area contributed by atoms with Crippen molar-refractivity contribution in [2.24, 2.45) is 5.41 Å². The Morgan fingerprint density at radius 2 is 1.81 bits per heavy atom. The lowest BCUT2D eigenvalue weighted by Gasteiger charge is -2.19. The van der Waals surface area contributed by atoms with Gasteiger partial charge in [-0.25, -0.2) is 4.98 Å². The van der Waals surface area contributed by atoms with E-state index < -0.39 is 17.3 Å². The van der Waals surface area contributed by atoms with Crippen molar-refractivity contribution in [2.75, 3.05) is 6.61 Å². The lowest BCUT2D eigenvalue weighted by atomic mass is 9.98. The van der Waals surface area contributed by atoms with Gasteiger partial charge in [0.2, 0.25) is 0 Å². The van der Waals surface area contributed by atoms with Gasteiger partial charge in [0.05, 0.1) is 23.4 Å². The Kier molecular flexibility index (Phi) is 6.65. The Morgan fingerprint density at radius 1 is 1.12 bits per heavy atom. The highest BCUT2D eigenvalue weighted by molar-refractivity contribution is 7.99. The van der Waals surface area contributed by atoms with Crippen molar-refractivity contribution in [3.63, 3.8) is 0 Å². The van der Waals surface area contributed by atoms with Crippen LogP contribution in [0.25, 0.3) is 5.69 Å². The Morgan fingerprint density at radius 3 is 2.41 bits per heavy atom. The molecule has 9 heteroatoms. The fourth-order valence-corrected chi connectivity index (χ4v) is 3.46. The molecule has 0 fully saturated rings. The van der Waals surface area contributed by atoms with E-state index in [-0.39, 0.29) is 16.0 Å². The number of hydrogen-bond donors (Lipinski definition) is 0. The third-order valence-corrected chi connectivity index (χ3v) is 5.21. The minimum absolute atomic E-state index is 0.0855. The van der Waals surface area contributed by atoms with Gasteiger partial charge < -0.3 is 4.74 Å². The zero-order valence-corrected chi connectivity index (χ0v) is 18.4. The van der Waals surface area contributed by atoms with Gasteiger partial charge in [0.1, 0.15) is 11.8 Å². The number of ether oxygens (including phenoxy) is 1. The van der Waals surface area contributed by atoms with Crippen LogP contribution >= 0.6 is 11.8 Å². The molecule has 0 unspecified atom stereocenters. The zero-order valence-electron chi connectivity index (χ0n) is 17.6. The minimum Gasteiger partial charge on any atom is -0.492 e. The van der Waals surface area contributed by atoms with Gasteiger partial charge in [-0.15, -0.1) is 0 Å². The number of hydrogen-bond acceptors (Lipinski definition) is 5. The maximum Gasteiger partial charge on any atom is 0.416 e. The third-order valence-electron chi connectivity index (χ3n) is 4.23. The Balaban J connectivity index is 1.88. The summed E-state index contributed by atoms with van der Waals surface area (Å²) < 4.78 is 45.3. The molecule has 1 heterocycles. The summed E-state index contributed by atoms with van der Waals surface area (Å²) in [6, 6.07) is 11.4. The number of alkyl halides is 3. The number of nitriles is 1. The molecule has 0 spiro atoms. The third kappa shape index (κ3) is 5.71. The first-order chi connectivity index (χ1) is 15.0. The van der Waals surface area contributed by atoms with Crippen LogP contribution in [0, 0.1) is 16.7 Å². The SMILES string of the molecule is CC(C)(C)COc1ccc(-n2ccnc(Sc3ccc(C(F)(F)F)cc3)c2=O)cc1C#N. The molecule has 1 aromatic heterocycles. The Bertz CT molecular complexity index is 1210. The van der Waals surface area contributed by atoms with Gasteiger partial charge in [-0.05, 0) is 47.9 Å². The molecule has 0 amide bonds. The molecule has 0 saturated heterocycles. The molecule has 0 saturated carbocycles. The van der Waals surface area contributed by atoms with Crippen LogP contribution in [0.1, 0.15) is 31.9 Å². The van der Waals surface area contributed by atoms with Gasteiger partial charge in [0.15, 0.2) is 5.03 Å². The van der Waals surface area contributed by atoms with Gasteiger partial charge in [-0.1, -0.05) is 32.5 Å². The van der Waals surface area contributed by atoms with E-state index >= 15 is 0 Å². The highest BCUT2D eigenvalue weighted by Gasteiger charge is 2.30. The van der Waals surface area contributed by atoms with Crippen molar-refractivity contribution in [1.29, 1.82) is 5.26 Å². The van der Waals surface area contributed by atoms with Crippen LogP contribution < -0.4 is 10.3 Å². The van der Waals surface area contributed by atoms with E-state index in [0.29, 0.717) is 22.9 Å². The van der Waals surface area contributed by atoms with Crippen LogP contribution in [-0.4, -0.2) is 16.2 Å². The topological polar surface area (TPSA) is 67.9 Å². The molecule has 32 heavy (non-hydrogen) atoms. The first-order valence-electron chi connectivity index (χ1n) is 9.58. The molecule has 2 aromatic carbocycles. The number of rotatable bonds is 5. The van der Waals surface area contributed by atoms with Crippen LogP contribution in [0.2, 0.25) is 0 Å². The normalized spacial score (nSPS) is 11.8. The summed E-state index contributed by atoms with van der Waals surface area (Å²) in [4.78, 5) is 17.4. The van der Waals surface area contributed by atoms with E-state index in [4.69, 9.17) is 4.74 Å². The predicted molar refractivity (Wildman–Crippen MR) is 115 cm³/mol. The molecule has 166 valence electrons. The van der Waals surface area contributed by atoms with Crippen molar-refractivity contribution in [3.05, 3.63) is 76.3 Å². The van der Waals surface area contributed by atoms with E-state index in [2.05, 4.69) is 11.1 Å². The molecule has 0 aliphatic rings. The molecule has 0 radical (unpaired) electrons. The van der Waals surface area contributed by atoms with E-state index in [9.17, 15) is 23.2 Å².